The number of ether oxygens (including phenoxy) is 1. The second kappa shape index (κ2) is 8.41. The van der Waals surface area contributed by atoms with Crippen molar-refractivity contribution in [2.45, 2.75) is 38.6 Å². The molecule has 1 aromatic carbocycles. The van der Waals surface area contributed by atoms with Gasteiger partial charge in [-0.1, -0.05) is 30.3 Å². The summed E-state index contributed by atoms with van der Waals surface area (Å²) in [4.78, 5) is 28.0. The molecule has 25 heavy (non-hydrogen) atoms. The van der Waals surface area contributed by atoms with Gasteiger partial charge in [0, 0.05) is 0 Å². The molecule has 0 bridgehead atoms. The molecule has 0 aliphatic heterocycles. The first kappa shape index (κ1) is 18.6. The molecule has 0 fully saturated rings. The first-order chi connectivity index (χ1) is 11.9. The van der Waals surface area contributed by atoms with Crippen molar-refractivity contribution in [3.8, 4) is 0 Å². The third kappa shape index (κ3) is 5.13. The molecule has 0 saturated heterocycles. The van der Waals surface area contributed by atoms with Crippen molar-refractivity contribution in [1.29, 1.82) is 0 Å². The Balaban J connectivity index is 1.88. The Hall–Kier alpha value is -2.71. The van der Waals surface area contributed by atoms with Crippen LogP contribution in [0.4, 0.5) is 0 Å². The molecule has 0 aliphatic carbocycles. The number of benzene rings is 1. The molecular formula is C17H21N3O5. The largest absolute Gasteiger partial charge is 0.459 e. The summed E-state index contributed by atoms with van der Waals surface area (Å²) >= 11 is 0. The van der Waals surface area contributed by atoms with Gasteiger partial charge < -0.3 is 25.3 Å². The molecule has 1 aromatic heterocycles. The number of esters is 1. The van der Waals surface area contributed by atoms with E-state index in [4.69, 9.17) is 14.9 Å². The van der Waals surface area contributed by atoms with E-state index in [9.17, 15) is 14.7 Å². The number of aliphatic hydroxyl groups is 1. The van der Waals surface area contributed by atoms with E-state index in [0.717, 1.165) is 11.8 Å². The van der Waals surface area contributed by atoms with E-state index >= 15 is 0 Å². The van der Waals surface area contributed by atoms with Gasteiger partial charge in [0.2, 0.25) is 5.89 Å². The summed E-state index contributed by atoms with van der Waals surface area (Å²) in [5.74, 6) is -1.13. The second-order valence-corrected chi connectivity index (χ2v) is 5.63. The highest BCUT2D eigenvalue weighted by Crippen LogP contribution is 2.13. The van der Waals surface area contributed by atoms with Crippen LogP contribution >= 0.6 is 0 Å². The molecule has 3 atom stereocenters. The maximum Gasteiger partial charge on any atom is 0.328 e. The number of oxazole rings is 1. The Bertz CT molecular complexity index is 714. The van der Waals surface area contributed by atoms with Gasteiger partial charge in [-0.15, -0.1) is 0 Å². The fourth-order valence-corrected chi connectivity index (χ4v) is 1.93. The zero-order chi connectivity index (χ0) is 18.4. The van der Waals surface area contributed by atoms with E-state index in [-0.39, 0.29) is 18.2 Å². The maximum absolute atomic E-state index is 12.1. The van der Waals surface area contributed by atoms with Gasteiger partial charge in [0.05, 0.1) is 6.10 Å². The van der Waals surface area contributed by atoms with Crippen molar-refractivity contribution in [2.24, 2.45) is 5.73 Å². The van der Waals surface area contributed by atoms with Gasteiger partial charge >= 0.3 is 5.97 Å². The van der Waals surface area contributed by atoms with Gasteiger partial charge in [0.25, 0.3) is 5.91 Å². The predicted molar refractivity (Wildman–Crippen MR) is 88.3 cm³/mol. The molecule has 8 heteroatoms. The molecular weight excluding hydrogens is 326 g/mol. The first-order valence-corrected chi connectivity index (χ1v) is 7.79. The van der Waals surface area contributed by atoms with Crippen LogP contribution < -0.4 is 11.1 Å². The number of hydrogen-bond acceptors (Lipinski definition) is 7. The zero-order valence-corrected chi connectivity index (χ0v) is 14.0. The van der Waals surface area contributed by atoms with Gasteiger partial charge in [0.15, 0.2) is 5.69 Å². The minimum atomic E-state index is -0.874. The fraction of sp³-hybridized carbons (Fsp3) is 0.353. The summed E-state index contributed by atoms with van der Waals surface area (Å²) in [6.45, 7) is 3.12. The summed E-state index contributed by atoms with van der Waals surface area (Å²) in [5.41, 5.74) is 6.50. The molecule has 2 aromatic rings. The molecule has 0 aliphatic rings. The Labute approximate surface area is 145 Å². The minimum Gasteiger partial charge on any atom is -0.459 e. The summed E-state index contributed by atoms with van der Waals surface area (Å²) < 4.78 is 10.2. The monoisotopic (exact) mass is 347 g/mol. The van der Waals surface area contributed by atoms with Crippen molar-refractivity contribution in [2.75, 3.05) is 0 Å². The van der Waals surface area contributed by atoms with E-state index in [1.807, 2.05) is 30.3 Å². The highest BCUT2D eigenvalue weighted by molar-refractivity contribution is 5.94. The van der Waals surface area contributed by atoms with Crippen LogP contribution in [-0.2, 0) is 16.1 Å². The molecule has 0 radical (unpaired) electrons. The van der Waals surface area contributed by atoms with Crippen molar-refractivity contribution >= 4 is 11.9 Å². The average Bonchev–Trinajstić information content (AvgIpc) is 3.09. The number of carbonyl (C=O) groups excluding carboxylic acids is 2. The number of rotatable bonds is 7. The molecule has 3 unspecified atom stereocenters. The first-order valence-electron chi connectivity index (χ1n) is 7.79. The van der Waals surface area contributed by atoms with Gasteiger partial charge in [-0.05, 0) is 19.4 Å². The summed E-state index contributed by atoms with van der Waals surface area (Å²) in [7, 11) is 0. The number of aromatic nitrogens is 1. The molecule has 4 N–H and O–H groups in total. The second-order valence-electron chi connectivity index (χ2n) is 5.63. The summed E-state index contributed by atoms with van der Waals surface area (Å²) in [5, 5.41) is 11.9. The molecule has 1 heterocycles. The summed E-state index contributed by atoms with van der Waals surface area (Å²) in [6, 6.07) is 7.52. The number of hydrogen-bond donors (Lipinski definition) is 3. The van der Waals surface area contributed by atoms with Gasteiger partial charge in [-0.2, -0.15) is 0 Å². The van der Waals surface area contributed by atoms with Gasteiger partial charge in [0.1, 0.15) is 25.0 Å². The smallest absolute Gasteiger partial charge is 0.328 e. The Morgan fingerprint density at radius 1 is 1.32 bits per heavy atom. The van der Waals surface area contributed by atoms with Crippen molar-refractivity contribution < 1.29 is 23.8 Å². The van der Waals surface area contributed by atoms with E-state index in [0.29, 0.717) is 0 Å². The lowest BCUT2D eigenvalue weighted by Crippen LogP contribution is -2.39. The average molecular weight is 347 g/mol. The van der Waals surface area contributed by atoms with E-state index in [1.54, 1.807) is 0 Å². The highest BCUT2D eigenvalue weighted by Gasteiger charge is 2.23. The molecule has 0 spiro atoms. The highest BCUT2D eigenvalue weighted by atomic mass is 16.5. The molecule has 1 amide bonds. The molecule has 134 valence electrons. The fourth-order valence-electron chi connectivity index (χ4n) is 1.93. The van der Waals surface area contributed by atoms with Gasteiger partial charge in [-0.3, -0.25) is 4.79 Å². The number of nitrogens with two attached hydrogens (primary N) is 1. The number of nitrogens with one attached hydrogen (secondary N) is 1. The molecule has 8 nitrogen and oxygen atoms in total. The lowest BCUT2D eigenvalue weighted by Gasteiger charge is -2.12. The van der Waals surface area contributed by atoms with Crippen LogP contribution in [0.15, 0.2) is 41.0 Å². The maximum atomic E-state index is 12.1. The Kier molecular flexibility index (Phi) is 6.26. The third-order valence-corrected chi connectivity index (χ3v) is 3.48. The zero-order valence-electron chi connectivity index (χ0n) is 14.0. The predicted octanol–water partition coefficient (Wildman–Crippen LogP) is 0.917. The quantitative estimate of drug-likeness (QED) is 0.635. The lowest BCUT2D eigenvalue weighted by atomic mass is 10.2. The Morgan fingerprint density at radius 2 is 2.00 bits per heavy atom. The van der Waals surface area contributed by atoms with Gasteiger partial charge in [-0.25, -0.2) is 9.78 Å². The van der Waals surface area contributed by atoms with Crippen LogP contribution in [0.5, 0.6) is 0 Å². The molecule has 2 rings (SSSR count). The lowest BCUT2D eigenvalue weighted by molar-refractivity contribution is -0.146. The minimum absolute atomic E-state index is 0.0335. The van der Waals surface area contributed by atoms with Crippen LogP contribution in [0.3, 0.4) is 0 Å². The standard InChI is InChI=1S/C17H21N3O5/c1-10(17(23)25-8-12-6-4-3-5-7-12)19-15(22)13-9-24-16(20-13)14(18)11(2)21/h3-7,9-11,14,21H,8,18H2,1-2H3,(H,19,22). The number of nitrogens with zero attached hydrogens (tertiary/aromatic N) is 1. The molecule has 0 saturated carbocycles. The number of aliphatic hydroxyl groups excluding tert-OH is 1. The van der Waals surface area contributed by atoms with Crippen LogP contribution in [0.2, 0.25) is 0 Å². The van der Waals surface area contributed by atoms with Crippen LogP contribution in [0.25, 0.3) is 0 Å². The topological polar surface area (TPSA) is 128 Å². The normalized spacial score (nSPS) is 14.4. The van der Waals surface area contributed by atoms with E-state index < -0.39 is 30.1 Å². The third-order valence-electron chi connectivity index (χ3n) is 3.48. The van der Waals surface area contributed by atoms with Crippen molar-refractivity contribution in [3.63, 3.8) is 0 Å². The summed E-state index contributed by atoms with van der Waals surface area (Å²) in [6.07, 6.45) is 0.246. The van der Waals surface area contributed by atoms with Crippen LogP contribution in [0, 0.1) is 0 Å². The van der Waals surface area contributed by atoms with Crippen molar-refractivity contribution in [1.82, 2.24) is 10.3 Å². The number of amides is 1. The SMILES string of the molecule is CC(NC(=O)c1coc(C(N)C(C)O)n1)C(=O)OCc1ccccc1. The Morgan fingerprint density at radius 3 is 2.64 bits per heavy atom. The van der Waals surface area contributed by atoms with Crippen LogP contribution in [0.1, 0.15) is 41.8 Å². The number of carbonyl (C=O) groups is 2. The van der Waals surface area contributed by atoms with E-state index in [1.165, 1.54) is 13.8 Å². The van der Waals surface area contributed by atoms with E-state index in [2.05, 4.69) is 10.3 Å². The van der Waals surface area contributed by atoms with Crippen molar-refractivity contribution in [3.05, 3.63) is 53.7 Å². The van der Waals surface area contributed by atoms with Crippen LogP contribution in [-0.4, -0.2) is 34.1 Å².